The van der Waals surface area contributed by atoms with Gasteiger partial charge in [-0.05, 0) is 24.3 Å². The lowest BCUT2D eigenvalue weighted by atomic mass is 10.1. The van der Waals surface area contributed by atoms with Crippen LogP contribution in [0.15, 0.2) is 46.2 Å². The molecule has 0 aliphatic carbocycles. The molecule has 7 nitrogen and oxygen atoms in total. The van der Waals surface area contributed by atoms with Gasteiger partial charge in [-0.3, -0.25) is 0 Å². The maximum Gasteiger partial charge on any atom is 0.417 e. The predicted molar refractivity (Wildman–Crippen MR) is 92.4 cm³/mol. The van der Waals surface area contributed by atoms with Gasteiger partial charge in [-0.1, -0.05) is 21.9 Å². The highest BCUT2D eigenvalue weighted by atomic mass is 35.5. The number of benzene rings is 1. The minimum atomic E-state index is -4.49. The molecule has 0 fully saturated rings. The molecule has 0 radical (unpaired) electrons. The average Bonchev–Trinajstić information content (AvgIpc) is 3.07. The zero-order valence-corrected chi connectivity index (χ0v) is 15.2. The molecular formula is C17H12ClF3N4O3. The first-order chi connectivity index (χ1) is 13.3. The van der Waals surface area contributed by atoms with E-state index in [9.17, 15) is 13.2 Å². The molecule has 2 heterocycles. The summed E-state index contributed by atoms with van der Waals surface area (Å²) >= 11 is 6.07. The van der Waals surface area contributed by atoms with Gasteiger partial charge in [0, 0.05) is 24.2 Å². The molecule has 1 aromatic carbocycles. The minimum Gasteiger partial charge on any atom is -0.438 e. The molecule has 0 saturated carbocycles. The Balaban J connectivity index is 2.00. The number of hydrogen-bond donors (Lipinski definition) is 0. The van der Waals surface area contributed by atoms with Gasteiger partial charge in [0.25, 0.3) is 0 Å². The third kappa shape index (κ3) is 4.39. The summed E-state index contributed by atoms with van der Waals surface area (Å²) < 4.78 is 48.6. The Morgan fingerprint density at radius 1 is 1.21 bits per heavy atom. The number of aromatic nitrogens is 3. The molecule has 0 bridgehead atoms. The van der Waals surface area contributed by atoms with E-state index >= 15 is 0 Å². The Bertz CT molecular complexity index is 1000. The second kappa shape index (κ2) is 7.85. The van der Waals surface area contributed by atoms with E-state index in [1.54, 1.807) is 6.92 Å². The van der Waals surface area contributed by atoms with Gasteiger partial charge in [-0.15, -0.1) is 0 Å². The Labute approximate surface area is 161 Å². The summed E-state index contributed by atoms with van der Waals surface area (Å²) in [5.41, 5.74) is -0.402. The van der Waals surface area contributed by atoms with E-state index in [-0.39, 0.29) is 23.2 Å². The van der Waals surface area contributed by atoms with Crippen LogP contribution >= 0.6 is 11.6 Å². The van der Waals surface area contributed by atoms with E-state index in [1.807, 2.05) is 0 Å². The number of rotatable bonds is 5. The van der Waals surface area contributed by atoms with E-state index in [0.717, 1.165) is 12.1 Å². The molecule has 11 heteroatoms. The highest BCUT2D eigenvalue weighted by molar-refractivity contribution is 6.31. The number of alkyl halides is 3. The van der Waals surface area contributed by atoms with Crippen LogP contribution < -0.4 is 4.74 Å². The van der Waals surface area contributed by atoms with Crippen LogP contribution in [0.25, 0.3) is 0 Å². The van der Waals surface area contributed by atoms with Gasteiger partial charge in [-0.2, -0.15) is 18.2 Å². The molecule has 0 aliphatic heterocycles. The monoisotopic (exact) mass is 412 g/mol. The fourth-order valence-corrected chi connectivity index (χ4v) is 2.37. The molecule has 0 spiro atoms. The van der Waals surface area contributed by atoms with Crippen molar-refractivity contribution in [1.29, 1.82) is 0 Å². The normalized spacial score (nSPS) is 12.1. The molecule has 2 aromatic heterocycles. The van der Waals surface area contributed by atoms with Gasteiger partial charge in [0.05, 0.1) is 11.1 Å². The maximum absolute atomic E-state index is 12.7. The molecule has 0 saturated heterocycles. The van der Waals surface area contributed by atoms with E-state index < -0.39 is 11.7 Å². The van der Waals surface area contributed by atoms with Crippen molar-refractivity contribution in [2.75, 3.05) is 7.11 Å². The molecule has 3 rings (SSSR count). The van der Waals surface area contributed by atoms with Crippen molar-refractivity contribution >= 4 is 17.3 Å². The van der Waals surface area contributed by atoms with Gasteiger partial charge in [0.2, 0.25) is 17.6 Å². The molecule has 28 heavy (non-hydrogen) atoms. The van der Waals surface area contributed by atoms with Crippen molar-refractivity contribution in [3.8, 4) is 11.6 Å². The standard InChI is InChI=1S/C17H12ClF3N4O3/c1-9-23-16(25-28-9)15(24-26-2)12-7-11(18)4-5-13(12)27-14-6-3-10(8-22-14)17(19,20)21/h3-8H,1-2H3. The average molecular weight is 413 g/mol. The Hall–Kier alpha value is -3.14. The summed E-state index contributed by atoms with van der Waals surface area (Å²) in [6.07, 6.45) is -3.82. The minimum absolute atomic E-state index is 0.0577. The Morgan fingerprint density at radius 2 is 2.00 bits per heavy atom. The summed E-state index contributed by atoms with van der Waals surface area (Å²) in [5, 5.41) is 8.04. The Morgan fingerprint density at radius 3 is 2.57 bits per heavy atom. The van der Waals surface area contributed by atoms with Crippen LogP contribution in [0.2, 0.25) is 5.02 Å². The molecular weight excluding hydrogens is 401 g/mol. The molecule has 0 aliphatic rings. The quantitative estimate of drug-likeness (QED) is 0.448. The topological polar surface area (TPSA) is 82.6 Å². The first-order valence-corrected chi connectivity index (χ1v) is 8.08. The third-order valence-corrected chi connectivity index (χ3v) is 3.63. The predicted octanol–water partition coefficient (Wildman–Crippen LogP) is 4.64. The fourth-order valence-electron chi connectivity index (χ4n) is 2.19. The molecule has 0 N–H and O–H groups in total. The summed E-state index contributed by atoms with van der Waals surface area (Å²) in [4.78, 5) is 12.6. The van der Waals surface area contributed by atoms with Crippen molar-refractivity contribution in [2.24, 2.45) is 5.16 Å². The lowest BCUT2D eigenvalue weighted by Gasteiger charge is -2.12. The molecule has 146 valence electrons. The smallest absolute Gasteiger partial charge is 0.417 e. The van der Waals surface area contributed by atoms with Crippen molar-refractivity contribution in [3.63, 3.8) is 0 Å². The van der Waals surface area contributed by atoms with Gasteiger partial charge < -0.3 is 14.1 Å². The Kier molecular flexibility index (Phi) is 5.50. The number of halogens is 4. The van der Waals surface area contributed by atoms with Crippen molar-refractivity contribution in [1.82, 2.24) is 15.1 Å². The number of oxime groups is 1. The zero-order valence-electron chi connectivity index (χ0n) is 14.5. The van der Waals surface area contributed by atoms with Gasteiger partial charge in [0.1, 0.15) is 12.9 Å². The zero-order chi connectivity index (χ0) is 20.3. The first-order valence-electron chi connectivity index (χ1n) is 7.71. The lowest BCUT2D eigenvalue weighted by molar-refractivity contribution is -0.137. The van der Waals surface area contributed by atoms with Crippen molar-refractivity contribution in [3.05, 3.63) is 64.4 Å². The number of nitrogens with zero attached hydrogens (tertiary/aromatic N) is 4. The second-order valence-corrected chi connectivity index (χ2v) is 5.82. The van der Waals surface area contributed by atoms with Crippen molar-refractivity contribution in [2.45, 2.75) is 13.1 Å². The lowest BCUT2D eigenvalue weighted by Crippen LogP contribution is -2.09. The van der Waals surface area contributed by atoms with Gasteiger partial charge in [0.15, 0.2) is 5.71 Å². The highest BCUT2D eigenvalue weighted by Gasteiger charge is 2.30. The van der Waals surface area contributed by atoms with Crippen LogP contribution in [-0.2, 0) is 11.0 Å². The van der Waals surface area contributed by atoms with Crippen LogP contribution in [-0.4, -0.2) is 27.9 Å². The second-order valence-electron chi connectivity index (χ2n) is 5.38. The molecule has 0 unspecified atom stereocenters. The number of aryl methyl sites for hydroxylation is 1. The van der Waals surface area contributed by atoms with E-state index in [4.69, 9.17) is 25.7 Å². The summed E-state index contributed by atoms with van der Waals surface area (Å²) in [5.74, 6) is 0.562. The van der Waals surface area contributed by atoms with Gasteiger partial charge in [-0.25, -0.2) is 4.98 Å². The van der Waals surface area contributed by atoms with Crippen LogP contribution in [0.1, 0.15) is 22.8 Å². The summed E-state index contributed by atoms with van der Waals surface area (Å²) in [6.45, 7) is 1.60. The number of hydrogen-bond acceptors (Lipinski definition) is 7. The van der Waals surface area contributed by atoms with E-state index in [2.05, 4.69) is 20.3 Å². The van der Waals surface area contributed by atoms with Crippen LogP contribution in [0, 0.1) is 6.92 Å². The molecule has 3 aromatic rings. The molecule has 0 amide bonds. The van der Waals surface area contributed by atoms with E-state index in [1.165, 1.54) is 25.3 Å². The van der Waals surface area contributed by atoms with Crippen LogP contribution in [0.4, 0.5) is 13.2 Å². The maximum atomic E-state index is 12.7. The van der Waals surface area contributed by atoms with Gasteiger partial charge >= 0.3 is 6.18 Å². The largest absolute Gasteiger partial charge is 0.438 e. The summed E-state index contributed by atoms with van der Waals surface area (Å²) in [7, 11) is 1.33. The van der Waals surface area contributed by atoms with Crippen LogP contribution in [0.3, 0.4) is 0 Å². The summed E-state index contributed by atoms with van der Waals surface area (Å²) in [6, 6.07) is 6.54. The highest BCUT2D eigenvalue weighted by Crippen LogP contribution is 2.32. The third-order valence-electron chi connectivity index (χ3n) is 3.40. The SMILES string of the molecule is CON=C(c1noc(C)n1)c1cc(Cl)ccc1Oc1ccc(C(F)(F)F)cn1. The first kappa shape index (κ1) is 19.6. The number of ether oxygens (including phenoxy) is 1. The van der Waals surface area contributed by atoms with Crippen LogP contribution in [0.5, 0.6) is 11.6 Å². The fraction of sp³-hybridized carbons (Fsp3) is 0.176. The van der Waals surface area contributed by atoms with E-state index in [0.29, 0.717) is 22.7 Å². The molecule has 0 atom stereocenters. The number of pyridine rings is 1. The van der Waals surface area contributed by atoms with Crippen molar-refractivity contribution < 1.29 is 27.3 Å².